The molecular weight excluding hydrogens is 434 g/mol. The third kappa shape index (κ3) is 4.94. The monoisotopic (exact) mass is 457 g/mol. The average molecular weight is 458 g/mol. The first-order valence-corrected chi connectivity index (χ1v) is 10.7. The van der Waals surface area contributed by atoms with E-state index in [1.165, 1.54) is 0 Å². The van der Waals surface area contributed by atoms with Gasteiger partial charge in [0.1, 0.15) is 5.82 Å². The predicted molar refractivity (Wildman–Crippen MR) is 121 cm³/mol. The van der Waals surface area contributed by atoms with Crippen molar-refractivity contribution in [1.29, 1.82) is 0 Å². The first kappa shape index (κ1) is 21.9. The van der Waals surface area contributed by atoms with Gasteiger partial charge in [0.15, 0.2) is 0 Å². The number of carbonyl (C=O) groups is 1. The minimum absolute atomic E-state index is 0.00334. The number of piperazine rings is 1. The van der Waals surface area contributed by atoms with E-state index in [-0.39, 0.29) is 17.9 Å². The minimum atomic E-state index is -0.565. The molecule has 168 valence electrons. The third-order valence-corrected chi connectivity index (χ3v) is 5.39. The number of amides is 1. The fourth-order valence-electron chi connectivity index (χ4n) is 3.19. The van der Waals surface area contributed by atoms with E-state index in [4.69, 9.17) is 16.0 Å². The van der Waals surface area contributed by atoms with Crippen molar-refractivity contribution in [2.45, 2.75) is 20.3 Å². The Morgan fingerprint density at radius 1 is 1.16 bits per heavy atom. The van der Waals surface area contributed by atoms with Crippen LogP contribution >= 0.6 is 11.6 Å². The molecule has 1 fully saturated rings. The highest BCUT2D eigenvalue weighted by atomic mass is 35.5. The van der Waals surface area contributed by atoms with Gasteiger partial charge in [-0.25, -0.2) is 0 Å². The topological polar surface area (TPSA) is 125 Å². The van der Waals surface area contributed by atoms with Crippen LogP contribution in [0.15, 0.2) is 22.6 Å². The van der Waals surface area contributed by atoms with E-state index in [9.17, 15) is 4.79 Å². The molecule has 0 radical (unpaired) electrons. The predicted octanol–water partition coefficient (Wildman–Crippen LogP) is 2.53. The summed E-state index contributed by atoms with van der Waals surface area (Å²) in [5, 5.41) is 13.7. The lowest BCUT2D eigenvalue weighted by molar-refractivity contribution is 0.0991. The van der Waals surface area contributed by atoms with E-state index < -0.39 is 5.91 Å². The zero-order valence-electron chi connectivity index (χ0n) is 18.1. The number of aromatic nitrogens is 5. The number of halogens is 1. The largest absolute Gasteiger partial charge is 0.399 e. The molecule has 1 aromatic carbocycles. The number of anilines is 4. The number of nitrogens with one attached hydrogen (secondary N) is 2. The maximum absolute atomic E-state index is 12.5. The van der Waals surface area contributed by atoms with Crippen LogP contribution < -0.4 is 15.5 Å². The van der Waals surface area contributed by atoms with Crippen molar-refractivity contribution in [1.82, 2.24) is 30.0 Å². The van der Waals surface area contributed by atoms with Gasteiger partial charge in [-0.15, -0.1) is 5.10 Å². The molecule has 3 aromatic rings. The number of hydrogen-bond acceptors (Lipinski definition) is 10. The van der Waals surface area contributed by atoms with E-state index in [0.29, 0.717) is 28.9 Å². The molecule has 2 aromatic heterocycles. The summed E-state index contributed by atoms with van der Waals surface area (Å²) in [6, 6.07) is 5.34. The van der Waals surface area contributed by atoms with E-state index in [0.717, 1.165) is 31.7 Å². The Labute approximate surface area is 190 Å². The first-order valence-electron chi connectivity index (χ1n) is 10.3. The molecular formula is C20H24ClN9O2. The zero-order valence-corrected chi connectivity index (χ0v) is 18.8. The summed E-state index contributed by atoms with van der Waals surface area (Å²) >= 11 is 6.17. The molecule has 0 aliphatic carbocycles. The summed E-state index contributed by atoms with van der Waals surface area (Å²) in [5.41, 5.74) is 1.31. The number of likely N-dealkylation sites (N-methyl/N-ethyl adjacent to an activating group) is 1. The molecule has 0 bridgehead atoms. The van der Waals surface area contributed by atoms with Gasteiger partial charge in [-0.3, -0.25) is 10.1 Å². The van der Waals surface area contributed by atoms with Crippen LogP contribution in [0.2, 0.25) is 5.02 Å². The molecule has 12 heteroatoms. The van der Waals surface area contributed by atoms with Gasteiger partial charge in [0, 0.05) is 32.6 Å². The maximum atomic E-state index is 12.5. The molecule has 3 heterocycles. The number of rotatable bonds is 6. The van der Waals surface area contributed by atoms with Gasteiger partial charge in [0.2, 0.25) is 11.9 Å². The highest BCUT2D eigenvalue weighted by molar-refractivity contribution is 6.34. The van der Waals surface area contributed by atoms with Crippen LogP contribution in [0.1, 0.15) is 29.0 Å². The molecule has 0 spiro atoms. The van der Waals surface area contributed by atoms with Crippen molar-refractivity contribution < 1.29 is 9.21 Å². The molecule has 0 saturated carbocycles. The maximum Gasteiger partial charge on any atom is 0.322 e. The first-order chi connectivity index (χ1) is 15.4. The lowest BCUT2D eigenvalue weighted by Gasteiger charge is -2.32. The Bertz CT molecular complexity index is 1090. The van der Waals surface area contributed by atoms with Gasteiger partial charge in [-0.2, -0.15) is 15.0 Å². The number of carbonyl (C=O) groups excluding carboxylic acids is 1. The highest BCUT2D eigenvalue weighted by Crippen LogP contribution is 2.26. The average Bonchev–Trinajstić information content (AvgIpc) is 3.25. The lowest BCUT2D eigenvalue weighted by atomic mass is 10.2. The quantitative estimate of drug-likeness (QED) is 0.570. The molecule has 1 aliphatic rings. The number of benzene rings is 1. The molecule has 11 nitrogen and oxygen atoms in total. The minimum Gasteiger partial charge on any atom is -0.399 e. The second-order valence-corrected chi connectivity index (χ2v) is 7.85. The molecule has 4 rings (SSSR count). The Balaban J connectivity index is 1.49. The van der Waals surface area contributed by atoms with E-state index in [1.807, 2.05) is 19.9 Å². The van der Waals surface area contributed by atoms with E-state index >= 15 is 0 Å². The summed E-state index contributed by atoms with van der Waals surface area (Å²) in [7, 11) is 2.09. The summed E-state index contributed by atoms with van der Waals surface area (Å²) in [4.78, 5) is 30.3. The van der Waals surface area contributed by atoms with Gasteiger partial charge in [-0.1, -0.05) is 35.8 Å². The van der Waals surface area contributed by atoms with Crippen LogP contribution in [0.5, 0.6) is 0 Å². The van der Waals surface area contributed by atoms with Crippen molar-refractivity contribution in [3.63, 3.8) is 0 Å². The number of hydrogen-bond donors (Lipinski definition) is 2. The Morgan fingerprint density at radius 2 is 1.94 bits per heavy atom. The van der Waals surface area contributed by atoms with Crippen LogP contribution in [0, 0.1) is 6.92 Å². The van der Waals surface area contributed by atoms with Crippen molar-refractivity contribution in [3.05, 3.63) is 40.5 Å². The van der Waals surface area contributed by atoms with Crippen molar-refractivity contribution >= 4 is 41.1 Å². The second-order valence-electron chi connectivity index (χ2n) is 7.44. The fraction of sp³-hybridized carbons (Fsp3) is 0.400. The number of aryl methyl sites for hydroxylation is 2. The molecule has 0 unspecified atom stereocenters. The SMILES string of the molecule is CCc1nc(Nc2nnc(C(=O)Nc3c(C)cccc3Cl)o2)nc(N2CCN(C)CC2)n1. The molecule has 1 saturated heterocycles. The number of nitrogens with zero attached hydrogens (tertiary/aromatic N) is 7. The highest BCUT2D eigenvalue weighted by Gasteiger charge is 2.20. The molecule has 1 amide bonds. The van der Waals surface area contributed by atoms with Gasteiger partial charge in [0.05, 0.1) is 10.7 Å². The Kier molecular flexibility index (Phi) is 6.47. The van der Waals surface area contributed by atoms with Gasteiger partial charge in [-0.05, 0) is 25.6 Å². The van der Waals surface area contributed by atoms with Gasteiger partial charge < -0.3 is 19.5 Å². The van der Waals surface area contributed by atoms with Gasteiger partial charge >= 0.3 is 17.8 Å². The standard InChI is InChI=1S/C20H24ClN9O2/c1-4-14-22-18(25-19(23-14)30-10-8-29(3)9-11-30)26-20-28-27-17(32-20)16(31)24-15-12(2)6-5-7-13(15)21/h5-7H,4,8-11H2,1-3H3,(H,24,31)(H,22,23,25,26,28). The molecule has 1 aliphatic heterocycles. The smallest absolute Gasteiger partial charge is 0.322 e. The summed E-state index contributed by atoms with van der Waals surface area (Å²) < 4.78 is 5.47. The normalized spacial score (nSPS) is 14.4. The summed E-state index contributed by atoms with van der Waals surface area (Å²) in [5.74, 6) is 0.742. The van der Waals surface area contributed by atoms with Crippen molar-refractivity contribution in [2.75, 3.05) is 48.8 Å². The second kappa shape index (κ2) is 9.45. The van der Waals surface area contributed by atoms with Crippen LogP contribution in [-0.4, -0.2) is 69.2 Å². The molecule has 0 atom stereocenters. The Morgan fingerprint density at radius 3 is 2.66 bits per heavy atom. The van der Waals surface area contributed by atoms with Crippen molar-refractivity contribution in [3.8, 4) is 0 Å². The van der Waals surface area contributed by atoms with E-state index in [1.54, 1.807) is 12.1 Å². The summed E-state index contributed by atoms with van der Waals surface area (Å²) in [6.07, 6.45) is 0.645. The lowest BCUT2D eigenvalue weighted by Crippen LogP contribution is -2.45. The molecule has 32 heavy (non-hydrogen) atoms. The zero-order chi connectivity index (χ0) is 22.7. The van der Waals surface area contributed by atoms with Crippen LogP contribution in [0.4, 0.5) is 23.6 Å². The van der Waals surface area contributed by atoms with E-state index in [2.05, 4.69) is 52.6 Å². The number of para-hydroxylation sites is 1. The molecule has 2 N–H and O–H groups in total. The van der Waals surface area contributed by atoms with Gasteiger partial charge in [0.25, 0.3) is 0 Å². The summed E-state index contributed by atoms with van der Waals surface area (Å²) in [6.45, 7) is 7.34. The van der Waals surface area contributed by atoms with Crippen LogP contribution in [-0.2, 0) is 6.42 Å². The Hall–Kier alpha value is -3.31. The van der Waals surface area contributed by atoms with Crippen molar-refractivity contribution in [2.24, 2.45) is 0 Å². The third-order valence-electron chi connectivity index (χ3n) is 5.07. The van der Waals surface area contributed by atoms with Crippen LogP contribution in [0.3, 0.4) is 0 Å². The fourth-order valence-corrected chi connectivity index (χ4v) is 3.46. The van der Waals surface area contributed by atoms with Crippen LogP contribution in [0.25, 0.3) is 0 Å².